The van der Waals surface area contributed by atoms with Gasteiger partial charge in [0.1, 0.15) is 5.82 Å². The van der Waals surface area contributed by atoms with Crippen LogP contribution in [-0.4, -0.2) is 36.0 Å². The number of amides is 1. The summed E-state index contributed by atoms with van der Waals surface area (Å²) in [7, 11) is 2.18. The van der Waals surface area contributed by atoms with Gasteiger partial charge in [-0.15, -0.1) is 0 Å². The Kier molecular flexibility index (Phi) is 4.31. The Morgan fingerprint density at radius 1 is 1.33 bits per heavy atom. The van der Waals surface area contributed by atoms with E-state index in [2.05, 4.69) is 33.2 Å². The van der Waals surface area contributed by atoms with Gasteiger partial charge in [-0.25, -0.2) is 4.39 Å². The van der Waals surface area contributed by atoms with Gasteiger partial charge in [0.05, 0.1) is 5.56 Å². The van der Waals surface area contributed by atoms with Crippen molar-refractivity contribution in [3.8, 4) is 0 Å². The normalized spacial score (nSPS) is 29.2. The zero-order chi connectivity index (χ0) is 15.0. The summed E-state index contributed by atoms with van der Waals surface area (Å²) in [6, 6.07) is 5.72. The summed E-state index contributed by atoms with van der Waals surface area (Å²) in [5.41, 5.74) is 0.119. The van der Waals surface area contributed by atoms with Gasteiger partial charge in [0, 0.05) is 22.6 Å². The smallest absolute Gasteiger partial charge is 0.254 e. The molecule has 1 aromatic rings. The Morgan fingerprint density at radius 3 is 2.67 bits per heavy atom. The molecule has 0 spiro atoms. The molecule has 3 rings (SSSR count). The third-order valence-electron chi connectivity index (χ3n) is 4.85. The number of benzene rings is 1. The highest BCUT2D eigenvalue weighted by molar-refractivity contribution is 9.10. The van der Waals surface area contributed by atoms with E-state index in [-0.39, 0.29) is 17.5 Å². The van der Waals surface area contributed by atoms with Crippen LogP contribution in [0.25, 0.3) is 0 Å². The van der Waals surface area contributed by atoms with Crippen molar-refractivity contribution in [3.05, 3.63) is 34.1 Å². The van der Waals surface area contributed by atoms with Gasteiger partial charge >= 0.3 is 0 Å². The van der Waals surface area contributed by atoms with Crippen molar-refractivity contribution in [2.24, 2.45) is 0 Å². The molecule has 0 aliphatic carbocycles. The number of piperidine rings is 2. The average Bonchev–Trinajstić information content (AvgIpc) is 2.42. The van der Waals surface area contributed by atoms with E-state index in [1.54, 1.807) is 12.1 Å². The van der Waals surface area contributed by atoms with Gasteiger partial charge in [0.15, 0.2) is 0 Å². The number of rotatable bonds is 2. The van der Waals surface area contributed by atoms with E-state index in [0.29, 0.717) is 16.6 Å². The van der Waals surface area contributed by atoms with Gasteiger partial charge in [-0.3, -0.25) is 4.79 Å². The van der Waals surface area contributed by atoms with E-state index in [1.807, 2.05) is 0 Å². The molecule has 1 aromatic carbocycles. The van der Waals surface area contributed by atoms with E-state index in [1.165, 1.54) is 25.3 Å². The zero-order valence-electron chi connectivity index (χ0n) is 12.1. The topological polar surface area (TPSA) is 32.3 Å². The van der Waals surface area contributed by atoms with Crippen molar-refractivity contribution in [3.63, 3.8) is 0 Å². The van der Waals surface area contributed by atoms with Gasteiger partial charge < -0.3 is 10.2 Å². The number of fused-ring (bicyclic) bond motifs is 2. The minimum atomic E-state index is -0.469. The lowest BCUT2D eigenvalue weighted by molar-refractivity contribution is 0.0462. The number of hydrogen-bond donors (Lipinski definition) is 1. The minimum Gasteiger partial charge on any atom is -0.349 e. The summed E-state index contributed by atoms with van der Waals surface area (Å²) in [4.78, 5) is 14.8. The maximum absolute atomic E-state index is 13.8. The fraction of sp³-hybridized carbons (Fsp3) is 0.562. The quantitative estimate of drug-likeness (QED) is 0.883. The first-order valence-electron chi connectivity index (χ1n) is 7.52. The van der Waals surface area contributed by atoms with Gasteiger partial charge in [-0.05, 0) is 50.9 Å². The minimum absolute atomic E-state index is 0.119. The molecule has 2 saturated heterocycles. The fourth-order valence-electron chi connectivity index (χ4n) is 3.67. The molecule has 1 N–H and O–H groups in total. The molecule has 3 nitrogen and oxygen atoms in total. The van der Waals surface area contributed by atoms with E-state index >= 15 is 0 Å². The number of nitrogens with one attached hydrogen (secondary N) is 1. The highest BCUT2D eigenvalue weighted by Gasteiger charge is 2.36. The third-order valence-corrected chi connectivity index (χ3v) is 5.34. The second kappa shape index (κ2) is 6.05. The zero-order valence-corrected chi connectivity index (χ0v) is 13.7. The molecule has 0 aromatic heterocycles. The Balaban J connectivity index is 1.69. The highest BCUT2D eigenvalue weighted by atomic mass is 79.9. The average molecular weight is 355 g/mol. The molecular formula is C16H20BrFN2O. The van der Waals surface area contributed by atoms with Gasteiger partial charge in [-0.2, -0.15) is 0 Å². The van der Waals surface area contributed by atoms with Crippen molar-refractivity contribution in [1.29, 1.82) is 0 Å². The van der Waals surface area contributed by atoms with E-state index < -0.39 is 5.82 Å². The summed E-state index contributed by atoms with van der Waals surface area (Å²) in [6.45, 7) is 0. The number of nitrogens with zero attached hydrogens (tertiary/aromatic N) is 1. The fourth-order valence-corrected chi connectivity index (χ4v) is 4.03. The molecule has 1 amide bonds. The van der Waals surface area contributed by atoms with Crippen LogP contribution in [0.1, 0.15) is 42.5 Å². The van der Waals surface area contributed by atoms with Crippen molar-refractivity contribution in [2.75, 3.05) is 7.05 Å². The van der Waals surface area contributed by atoms with Crippen molar-refractivity contribution in [1.82, 2.24) is 10.2 Å². The third kappa shape index (κ3) is 3.14. The van der Waals surface area contributed by atoms with Crippen molar-refractivity contribution >= 4 is 21.8 Å². The maximum Gasteiger partial charge on any atom is 0.254 e. The van der Waals surface area contributed by atoms with Crippen LogP contribution in [0.3, 0.4) is 0 Å². The molecule has 21 heavy (non-hydrogen) atoms. The SMILES string of the molecule is CN1C2CCCC1CC(NC(=O)c1cc(Br)ccc1F)C2. The van der Waals surface area contributed by atoms with Crippen LogP contribution in [0.15, 0.2) is 22.7 Å². The van der Waals surface area contributed by atoms with Crippen LogP contribution >= 0.6 is 15.9 Å². The first-order valence-corrected chi connectivity index (χ1v) is 8.31. The van der Waals surface area contributed by atoms with Crippen molar-refractivity contribution in [2.45, 2.75) is 50.2 Å². The molecule has 2 unspecified atom stereocenters. The Labute approximate surface area is 133 Å². The van der Waals surface area contributed by atoms with Crippen LogP contribution in [0.2, 0.25) is 0 Å². The predicted molar refractivity (Wildman–Crippen MR) is 83.8 cm³/mol. The molecule has 114 valence electrons. The number of halogens is 2. The number of carbonyl (C=O) groups is 1. The molecule has 0 saturated carbocycles. The van der Waals surface area contributed by atoms with E-state index in [4.69, 9.17) is 0 Å². The first-order chi connectivity index (χ1) is 10.0. The summed E-state index contributed by atoms with van der Waals surface area (Å²) in [5, 5.41) is 3.03. The molecule has 5 heteroatoms. The van der Waals surface area contributed by atoms with E-state index in [0.717, 1.165) is 12.8 Å². The maximum atomic E-state index is 13.8. The highest BCUT2D eigenvalue weighted by Crippen LogP contribution is 2.32. The first kappa shape index (κ1) is 15.0. The van der Waals surface area contributed by atoms with Crippen molar-refractivity contribution < 1.29 is 9.18 Å². The number of hydrogen-bond acceptors (Lipinski definition) is 2. The molecule has 2 fully saturated rings. The number of carbonyl (C=O) groups excluding carboxylic acids is 1. The molecule has 2 bridgehead atoms. The Morgan fingerprint density at radius 2 is 2.00 bits per heavy atom. The lowest BCUT2D eigenvalue weighted by Gasteiger charge is -2.47. The summed E-state index contributed by atoms with van der Waals surface area (Å²) in [6.07, 6.45) is 5.61. The molecule has 2 atom stereocenters. The van der Waals surface area contributed by atoms with Crippen LogP contribution in [0.4, 0.5) is 4.39 Å². The standard InChI is InChI=1S/C16H20BrFN2O/c1-20-12-3-2-4-13(20)9-11(8-12)19-16(21)14-7-10(17)5-6-15(14)18/h5-7,11-13H,2-4,8-9H2,1H3,(H,19,21). The van der Waals surface area contributed by atoms with Gasteiger partial charge in [0.2, 0.25) is 0 Å². The van der Waals surface area contributed by atoms with Crippen LogP contribution in [0.5, 0.6) is 0 Å². The lowest BCUT2D eigenvalue weighted by atomic mass is 9.82. The summed E-state index contributed by atoms with van der Waals surface area (Å²) < 4.78 is 14.5. The largest absolute Gasteiger partial charge is 0.349 e. The molecule has 2 aliphatic heterocycles. The van der Waals surface area contributed by atoms with Gasteiger partial charge in [0.25, 0.3) is 5.91 Å². The van der Waals surface area contributed by atoms with Gasteiger partial charge in [-0.1, -0.05) is 22.4 Å². The summed E-state index contributed by atoms with van der Waals surface area (Å²) in [5.74, 6) is -0.773. The second-order valence-corrected chi connectivity index (χ2v) is 7.09. The molecule has 2 heterocycles. The monoisotopic (exact) mass is 354 g/mol. The van der Waals surface area contributed by atoms with E-state index in [9.17, 15) is 9.18 Å². The Bertz CT molecular complexity index is 537. The molecule has 2 aliphatic rings. The second-order valence-electron chi connectivity index (χ2n) is 6.17. The predicted octanol–water partition coefficient (Wildman–Crippen LogP) is 3.33. The Hall–Kier alpha value is -0.940. The molecular weight excluding hydrogens is 335 g/mol. The van der Waals surface area contributed by atoms with Crippen LogP contribution < -0.4 is 5.32 Å². The van der Waals surface area contributed by atoms with Crippen LogP contribution in [0, 0.1) is 5.82 Å². The molecule has 0 radical (unpaired) electrons. The lowest BCUT2D eigenvalue weighted by Crippen LogP contribution is -2.55. The summed E-state index contributed by atoms with van der Waals surface area (Å²) >= 11 is 3.28. The van der Waals surface area contributed by atoms with Crippen LogP contribution in [-0.2, 0) is 0 Å².